The van der Waals surface area contributed by atoms with E-state index in [1.54, 1.807) is 12.1 Å². The normalized spacial score (nSPS) is 10.7. The summed E-state index contributed by atoms with van der Waals surface area (Å²) in [6.07, 6.45) is 5.84. The molecule has 3 aromatic rings. The highest BCUT2D eigenvalue weighted by Gasteiger charge is 2.15. The molecule has 0 saturated heterocycles. The van der Waals surface area contributed by atoms with Crippen molar-refractivity contribution in [2.45, 2.75) is 39.0 Å². The Kier molecular flexibility index (Phi) is 7.44. The molecule has 0 aliphatic carbocycles. The Labute approximate surface area is 176 Å². The molecule has 0 amide bonds. The van der Waals surface area contributed by atoms with Crippen molar-refractivity contribution in [2.24, 2.45) is 0 Å². The van der Waals surface area contributed by atoms with E-state index in [-0.39, 0.29) is 5.56 Å². The quantitative estimate of drug-likeness (QED) is 0.250. The fourth-order valence-corrected chi connectivity index (χ4v) is 3.29. The van der Waals surface area contributed by atoms with Crippen molar-refractivity contribution in [1.82, 2.24) is 0 Å². The Morgan fingerprint density at radius 2 is 1.53 bits per heavy atom. The number of carboxylic acid groups (broad SMARTS) is 1. The van der Waals surface area contributed by atoms with Crippen LogP contribution >= 0.6 is 0 Å². The molecule has 0 radical (unpaired) electrons. The van der Waals surface area contributed by atoms with Gasteiger partial charge in [0.1, 0.15) is 11.5 Å². The van der Waals surface area contributed by atoms with Gasteiger partial charge in [0.15, 0.2) is 0 Å². The molecule has 0 saturated carbocycles. The lowest BCUT2D eigenvalue weighted by Gasteiger charge is -2.12. The molecule has 156 valence electrons. The monoisotopic (exact) mass is 406 g/mol. The van der Waals surface area contributed by atoms with Crippen LogP contribution in [0.15, 0.2) is 60.7 Å². The first kappa shape index (κ1) is 21.4. The van der Waals surface area contributed by atoms with Gasteiger partial charge in [0.2, 0.25) is 0 Å². The summed E-state index contributed by atoms with van der Waals surface area (Å²) in [5.41, 5.74) is 0.569. The highest BCUT2D eigenvalue weighted by atomic mass is 16.5. The van der Waals surface area contributed by atoms with Crippen molar-refractivity contribution in [3.8, 4) is 11.5 Å². The summed E-state index contributed by atoms with van der Waals surface area (Å²) in [6, 6.07) is 16.8. The van der Waals surface area contributed by atoms with Gasteiger partial charge in [-0.1, -0.05) is 56.9 Å². The van der Waals surface area contributed by atoms with Crippen LogP contribution in [0.4, 0.5) is 0 Å². The topological polar surface area (TPSA) is 72.8 Å². The molecule has 0 spiro atoms. The number of fused-ring (bicyclic) bond motifs is 1. The second-order valence-electron chi connectivity index (χ2n) is 7.14. The summed E-state index contributed by atoms with van der Waals surface area (Å²) < 4.78 is 11.4. The number of unbranched alkanes of at least 4 members (excludes halogenated alkanes) is 4. The predicted octanol–water partition coefficient (Wildman–Crippen LogP) is 6.11. The maximum atomic E-state index is 12.7. The summed E-state index contributed by atoms with van der Waals surface area (Å²) in [4.78, 5) is 23.7. The summed E-state index contributed by atoms with van der Waals surface area (Å²) >= 11 is 0. The third kappa shape index (κ3) is 5.38. The van der Waals surface area contributed by atoms with E-state index in [0.717, 1.165) is 29.4 Å². The molecule has 5 nitrogen and oxygen atoms in total. The summed E-state index contributed by atoms with van der Waals surface area (Å²) in [7, 11) is 0. The third-order valence-electron chi connectivity index (χ3n) is 4.92. The minimum atomic E-state index is -1.03. The van der Waals surface area contributed by atoms with Crippen LogP contribution in [0.5, 0.6) is 11.5 Å². The number of aromatic carboxylic acids is 1. The SMILES string of the molecule is CCCCCCCOc1ccc(C(=O)Oc2ccc(C(=O)O)cc2)c2ccccc12. The van der Waals surface area contributed by atoms with E-state index in [4.69, 9.17) is 14.6 Å². The number of carboxylic acids is 1. The van der Waals surface area contributed by atoms with E-state index in [1.165, 1.54) is 43.5 Å². The van der Waals surface area contributed by atoms with Gasteiger partial charge in [-0.05, 0) is 48.2 Å². The Hall–Kier alpha value is -3.34. The minimum Gasteiger partial charge on any atom is -0.493 e. The predicted molar refractivity (Wildman–Crippen MR) is 117 cm³/mol. The lowest BCUT2D eigenvalue weighted by Crippen LogP contribution is -2.10. The molecule has 5 heteroatoms. The van der Waals surface area contributed by atoms with Crippen LogP contribution < -0.4 is 9.47 Å². The average molecular weight is 406 g/mol. The number of hydrogen-bond acceptors (Lipinski definition) is 4. The van der Waals surface area contributed by atoms with Gasteiger partial charge < -0.3 is 14.6 Å². The van der Waals surface area contributed by atoms with E-state index in [1.807, 2.05) is 24.3 Å². The maximum Gasteiger partial charge on any atom is 0.344 e. The van der Waals surface area contributed by atoms with Crippen molar-refractivity contribution < 1.29 is 24.2 Å². The number of benzene rings is 3. The van der Waals surface area contributed by atoms with Gasteiger partial charge in [-0.2, -0.15) is 0 Å². The molecule has 0 unspecified atom stereocenters. The Balaban J connectivity index is 1.73. The Morgan fingerprint density at radius 1 is 0.833 bits per heavy atom. The third-order valence-corrected chi connectivity index (χ3v) is 4.92. The summed E-state index contributed by atoms with van der Waals surface area (Å²) in [5.74, 6) is -0.481. The molecule has 0 fully saturated rings. The van der Waals surface area contributed by atoms with E-state index in [0.29, 0.717) is 17.9 Å². The maximum absolute atomic E-state index is 12.7. The molecule has 30 heavy (non-hydrogen) atoms. The first-order valence-corrected chi connectivity index (χ1v) is 10.3. The zero-order valence-corrected chi connectivity index (χ0v) is 17.1. The number of hydrogen-bond donors (Lipinski definition) is 1. The van der Waals surface area contributed by atoms with Gasteiger partial charge in [-0.25, -0.2) is 9.59 Å². The van der Waals surface area contributed by atoms with Crippen LogP contribution in [0.3, 0.4) is 0 Å². The Morgan fingerprint density at radius 3 is 2.23 bits per heavy atom. The highest BCUT2D eigenvalue weighted by Crippen LogP contribution is 2.29. The number of rotatable bonds is 10. The number of esters is 1. The zero-order valence-electron chi connectivity index (χ0n) is 17.1. The number of ether oxygens (including phenoxy) is 2. The fourth-order valence-electron chi connectivity index (χ4n) is 3.29. The molecule has 0 bridgehead atoms. The first-order valence-electron chi connectivity index (χ1n) is 10.3. The first-order chi connectivity index (χ1) is 14.6. The van der Waals surface area contributed by atoms with Gasteiger partial charge in [0, 0.05) is 5.39 Å². The van der Waals surface area contributed by atoms with Crippen LogP contribution in [-0.4, -0.2) is 23.7 Å². The van der Waals surface area contributed by atoms with E-state index < -0.39 is 11.9 Å². The molecular weight excluding hydrogens is 380 g/mol. The number of carbonyl (C=O) groups excluding carboxylic acids is 1. The lowest BCUT2D eigenvalue weighted by molar-refractivity contribution is 0.0696. The summed E-state index contributed by atoms with van der Waals surface area (Å²) in [6.45, 7) is 2.84. The molecule has 0 aliphatic rings. The van der Waals surface area contributed by atoms with Crippen molar-refractivity contribution in [1.29, 1.82) is 0 Å². The molecular formula is C25H26O5. The van der Waals surface area contributed by atoms with Crippen LogP contribution in [0.25, 0.3) is 10.8 Å². The van der Waals surface area contributed by atoms with Gasteiger partial charge in [-0.3, -0.25) is 0 Å². The largest absolute Gasteiger partial charge is 0.493 e. The van der Waals surface area contributed by atoms with Gasteiger partial charge in [0.25, 0.3) is 0 Å². The average Bonchev–Trinajstić information content (AvgIpc) is 2.76. The van der Waals surface area contributed by atoms with E-state index in [2.05, 4.69) is 6.92 Å². The van der Waals surface area contributed by atoms with Crippen molar-refractivity contribution in [3.63, 3.8) is 0 Å². The smallest absolute Gasteiger partial charge is 0.344 e. The fraction of sp³-hybridized carbons (Fsp3) is 0.280. The van der Waals surface area contributed by atoms with Crippen molar-refractivity contribution >= 4 is 22.7 Å². The van der Waals surface area contributed by atoms with E-state index in [9.17, 15) is 9.59 Å². The van der Waals surface area contributed by atoms with Crippen LogP contribution in [0, 0.1) is 0 Å². The van der Waals surface area contributed by atoms with Crippen LogP contribution in [-0.2, 0) is 0 Å². The second kappa shape index (κ2) is 10.4. The second-order valence-corrected chi connectivity index (χ2v) is 7.14. The molecule has 0 aliphatic heterocycles. The minimum absolute atomic E-state index is 0.136. The van der Waals surface area contributed by atoms with Crippen molar-refractivity contribution in [2.75, 3.05) is 6.61 Å². The molecule has 0 heterocycles. The van der Waals surface area contributed by atoms with Crippen molar-refractivity contribution in [3.05, 3.63) is 71.8 Å². The lowest BCUT2D eigenvalue weighted by atomic mass is 10.0. The van der Waals surface area contributed by atoms with E-state index >= 15 is 0 Å². The molecule has 0 atom stereocenters. The Bertz CT molecular complexity index is 1010. The molecule has 1 N–H and O–H groups in total. The molecule has 0 aromatic heterocycles. The highest BCUT2D eigenvalue weighted by molar-refractivity contribution is 6.07. The standard InChI is InChI=1S/C25H26O5/c1-2-3-4-5-8-17-29-23-16-15-22(20-9-6-7-10-21(20)23)25(28)30-19-13-11-18(12-14-19)24(26)27/h6-7,9-16H,2-5,8,17H2,1H3,(H,26,27). The van der Waals surface area contributed by atoms with Crippen LogP contribution in [0.2, 0.25) is 0 Å². The van der Waals surface area contributed by atoms with Gasteiger partial charge >= 0.3 is 11.9 Å². The molecule has 3 aromatic carbocycles. The molecule has 3 rings (SSSR count). The van der Waals surface area contributed by atoms with Gasteiger partial charge in [0.05, 0.1) is 17.7 Å². The van der Waals surface area contributed by atoms with Crippen LogP contribution in [0.1, 0.15) is 59.7 Å². The number of carbonyl (C=O) groups is 2. The summed E-state index contributed by atoms with van der Waals surface area (Å²) in [5, 5.41) is 10.6. The zero-order chi connectivity index (χ0) is 21.3. The van der Waals surface area contributed by atoms with Gasteiger partial charge in [-0.15, -0.1) is 0 Å².